The molecule has 0 aliphatic heterocycles. The summed E-state index contributed by atoms with van der Waals surface area (Å²) in [5, 5.41) is 0.496. The molecule has 1 aliphatic rings. The molecule has 31 heavy (non-hydrogen) atoms. The molecule has 0 amide bonds. The first kappa shape index (κ1) is 21.5. The van der Waals surface area contributed by atoms with Crippen molar-refractivity contribution in [2.75, 3.05) is 19.5 Å². The van der Waals surface area contributed by atoms with Crippen molar-refractivity contribution < 1.29 is 9.47 Å². The van der Waals surface area contributed by atoms with E-state index in [1.165, 1.54) is 30.2 Å². The number of aryl methyl sites for hydroxylation is 1. The first-order valence-electron chi connectivity index (χ1n) is 10.7. The number of methoxy groups -OCH3 is 1. The van der Waals surface area contributed by atoms with Crippen LogP contribution in [0.5, 0.6) is 11.5 Å². The molecule has 0 N–H and O–H groups in total. The Labute approximate surface area is 187 Å². The lowest BCUT2D eigenvalue weighted by atomic mass is 10.1. The van der Waals surface area contributed by atoms with Gasteiger partial charge < -0.3 is 9.47 Å². The van der Waals surface area contributed by atoms with Crippen LogP contribution in [-0.4, -0.2) is 29.0 Å². The molecule has 162 valence electrons. The van der Waals surface area contributed by atoms with Gasteiger partial charge in [-0.15, -0.1) is 11.8 Å². The second-order valence-corrected chi connectivity index (χ2v) is 9.04. The zero-order valence-electron chi connectivity index (χ0n) is 18.0. The van der Waals surface area contributed by atoms with Crippen molar-refractivity contribution in [3.63, 3.8) is 0 Å². The predicted molar refractivity (Wildman–Crippen MR) is 125 cm³/mol. The smallest absolute Gasteiger partial charge is 0.287 e. The molecule has 0 spiro atoms. The molecule has 1 atom stereocenters. The highest BCUT2D eigenvalue weighted by Gasteiger charge is 2.28. The Balaban J connectivity index is 1.46. The van der Waals surface area contributed by atoms with Crippen LogP contribution in [0.1, 0.15) is 25.3 Å². The lowest BCUT2D eigenvalue weighted by Crippen LogP contribution is -2.20. The lowest BCUT2D eigenvalue weighted by Gasteiger charge is -2.16. The molecule has 3 aromatic rings. The second kappa shape index (κ2) is 10.1. The van der Waals surface area contributed by atoms with Gasteiger partial charge in [0.2, 0.25) is 0 Å². The molecule has 1 saturated carbocycles. The summed E-state index contributed by atoms with van der Waals surface area (Å²) >= 11 is 1.48. The molecule has 1 aliphatic carbocycles. The molecule has 0 saturated heterocycles. The van der Waals surface area contributed by atoms with E-state index in [4.69, 9.17) is 9.47 Å². The van der Waals surface area contributed by atoms with Gasteiger partial charge >= 0.3 is 0 Å². The number of thioether (sulfide) groups is 1. The van der Waals surface area contributed by atoms with Gasteiger partial charge in [0.05, 0.1) is 19.4 Å². The van der Waals surface area contributed by atoms with Gasteiger partial charge in [-0.25, -0.2) is 4.98 Å². The van der Waals surface area contributed by atoms with Crippen LogP contribution < -0.4 is 15.0 Å². The van der Waals surface area contributed by atoms with Crippen molar-refractivity contribution in [1.29, 1.82) is 0 Å². The van der Waals surface area contributed by atoms with Gasteiger partial charge in [0.15, 0.2) is 16.5 Å². The second-order valence-electron chi connectivity index (χ2n) is 7.95. The van der Waals surface area contributed by atoms with Crippen molar-refractivity contribution in [2.24, 2.45) is 11.8 Å². The van der Waals surface area contributed by atoms with E-state index in [1.807, 2.05) is 36.4 Å². The molecule has 1 unspecified atom stereocenters. The Morgan fingerprint density at radius 2 is 1.97 bits per heavy atom. The Hall–Kier alpha value is -2.73. The van der Waals surface area contributed by atoms with Crippen molar-refractivity contribution in [3.05, 3.63) is 76.8 Å². The van der Waals surface area contributed by atoms with Crippen LogP contribution >= 0.6 is 11.8 Å². The van der Waals surface area contributed by atoms with Crippen LogP contribution in [0.25, 0.3) is 5.69 Å². The van der Waals surface area contributed by atoms with Crippen LogP contribution in [0.3, 0.4) is 0 Å². The Kier molecular flexibility index (Phi) is 6.97. The molecular formula is C25H28N2O3S. The highest BCUT2D eigenvalue weighted by molar-refractivity contribution is 7.99. The van der Waals surface area contributed by atoms with Gasteiger partial charge in [0, 0.05) is 24.2 Å². The fourth-order valence-corrected chi connectivity index (χ4v) is 4.44. The minimum absolute atomic E-state index is 0.126. The number of benzene rings is 2. The summed E-state index contributed by atoms with van der Waals surface area (Å²) in [5.74, 6) is 3.47. The van der Waals surface area contributed by atoms with Crippen LogP contribution in [-0.2, 0) is 6.42 Å². The molecule has 4 rings (SSSR count). The zero-order valence-corrected chi connectivity index (χ0v) is 18.8. The number of ether oxygens (including phenoxy) is 2. The molecule has 5 nitrogen and oxygen atoms in total. The molecule has 0 radical (unpaired) electrons. The van der Waals surface area contributed by atoms with Crippen LogP contribution in [0, 0.1) is 11.8 Å². The topological polar surface area (TPSA) is 53.4 Å². The van der Waals surface area contributed by atoms with E-state index in [2.05, 4.69) is 24.0 Å². The fraction of sp³-hybridized carbons (Fsp3) is 0.360. The third kappa shape index (κ3) is 5.50. The van der Waals surface area contributed by atoms with Gasteiger partial charge in [0.25, 0.3) is 5.56 Å². The van der Waals surface area contributed by atoms with Crippen molar-refractivity contribution in [1.82, 2.24) is 9.55 Å². The maximum atomic E-state index is 13.0. The standard InChI is InChI=1S/C25H28N2O3S/c1-18(20-8-9-20)17-30-22-11-10-21(16-23(22)29-2)27-14-13-26-24(25(27)28)31-15-12-19-6-4-3-5-7-19/h3-7,10-11,13-14,16,18,20H,8-9,12,15,17H2,1-2H3. The summed E-state index contributed by atoms with van der Waals surface area (Å²) in [5.41, 5.74) is 1.86. The Morgan fingerprint density at radius 1 is 1.16 bits per heavy atom. The van der Waals surface area contributed by atoms with E-state index in [1.54, 1.807) is 24.1 Å². The van der Waals surface area contributed by atoms with Gasteiger partial charge in [-0.1, -0.05) is 37.3 Å². The van der Waals surface area contributed by atoms with E-state index in [9.17, 15) is 4.79 Å². The van der Waals surface area contributed by atoms with Crippen LogP contribution in [0.4, 0.5) is 0 Å². The Bertz CT molecular complexity index is 1060. The average Bonchev–Trinajstić information content (AvgIpc) is 3.65. The summed E-state index contributed by atoms with van der Waals surface area (Å²) in [6.45, 7) is 2.91. The number of hydrogen-bond acceptors (Lipinski definition) is 5. The van der Waals surface area contributed by atoms with E-state index < -0.39 is 0 Å². The van der Waals surface area contributed by atoms with Crippen molar-refractivity contribution in [3.8, 4) is 17.2 Å². The quantitative estimate of drug-likeness (QED) is 0.419. The largest absolute Gasteiger partial charge is 0.493 e. The monoisotopic (exact) mass is 436 g/mol. The van der Waals surface area contributed by atoms with Gasteiger partial charge in [-0.05, 0) is 48.8 Å². The highest BCUT2D eigenvalue weighted by Crippen LogP contribution is 2.37. The normalized spacial score (nSPS) is 14.3. The van der Waals surface area contributed by atoms with E-state index >= 15 is 0 Å². The van der Waals surface area contributed by atoms with E-state index in [0.717, 1.165) is 23.8 Å². The highest BCUT2D eigenvalue weighted by atomic mass is 32.2. The molecule has 1 aromatic heterocycles. The molecule has 1 fully saturated rings. The molecule has 1 heterocycles. The SMILES string of the molecule is COc1cc(-n2ccnc(SCCc3ccccc3)c2=O)ccc1OCC(C)C1CC1. The van der Waals surface area contributed by atoms with E-state index in [-0.39, 0.29) is 5.56 Å². The third-order valence-corrected chi connectivity index (χ3v) is 6.60. The molecule has 6 heteroatoms. The minimum atomic E-state index is -0.126. The number of aromatic nitrogens is 2. The third-order valence-electron chi connectivity index (χ3n) is 5.64. The maximum absolute atomic E-state index is 13.0. The summed E-state index contributed by atoms with van der Waals surface area (Å²) < 4.78 is 13.1. The summed E-state index contributed by atoms with van der Waals surface area (Å²) in [6.07, 6.45) is 6.85. The minimum Gasteiger partial charge on any atom is -0.493 e. The molecule has 2 aromatic carbocycles. The zero-order chi connectivity index (χ0) is 21.6. The van der Waals surface area contributed by atoms with Crippen molar-refractivity contribution >= 4 is 11.8 Å². The first-order chi connectivity index (χ1) is 15.2. The van der Waals surface area contributed by atoms with Crippen molar-refractivity contribution in [2.45, 2.75) is 31.2 Å². The summed E-state index contributed by atoms with van der Waals surface area (Å²) in [4.78, 5) is 17.3. The van der Waals surface area contributed by atoms with Gasteiger partial charge in [-0.3, -0.25) is 9.36 Å². The summed E-state index contributed by atoms with van der Waals surface area (Å²) in [7, 11) is 1.62. The predicted octanol–water partition coefficient (Wildman–Crippen LogP) is 5.00. The number of rotatable bonds is 10. The maximum Gasteiger partial charge on any atom is 0.287 e. The summed E-state index contributed by atoms with van der Waals surface area (Å²) in [6, 6.07) is 15.9. The Morgan fingerprint density at radius 3 is 2.71 bits per heavy atom. The van der Waals surface area contributed by atoms with E-state index in [0.29, 0.717) is 29.0 Å². The lowest BCUT2D eigenvalue weighted by molar-refractivity contribution is 0.234. The average molecular weight is 437 g/mol. The van der Waals surface area contributed by atoms with Crippen LogP contribution in [0.2, 0.25) is 0 Å². The van der Waals surface area contributed by atoms with Gasteiger partial charge in [-0.2, -0.15) is 0 Å². The fourth-order valence-electron chi connectivity index (χ4n) is 3.55. The number of nitrogens with zero attached hydrogens (tertiary/aromatic N) is 2. The van der Waals surface area contributed by atoms with Gasteiger partial charge in [0.1, 0.15) is 0 Å². The van der Waals surface area contributed by atoms with Crippen LogP contribution in [0.15, 0.2) is 70.7 Å². The molecular weight excluding hydrogens is 408 g/mol. The number of hydrogen-bond donors (Lipinski definition) is 0. The first-order valence-corrected chi connectivity index (χ1v) is 11.7. The molecule has 0 bridgehead atoms.